The lowest BCUT2D eigenvalue weighted by atomic mass is 9.91. The Morgan fingerprint density at radius 1 is 1.05 bits per heavy atom. The highest BCUT2D eigenvalue weighted by atomic mass is 35.5. The van der Waals surface area contributed by atoms with Crippen LogP contribution in [0, 0.1) is 0 Å². The Bertz CT molecular complexity index is 1580. The van der Waals surface area contributed by atoms with Gasteiger partial charge in [-0.05, 0) is 60.0 Å². The Balaban J connectivity index is 1.29. The van der Waals surface area contributed by atoms with Gasteiger partial charge in [-0.25, -0.2) is 8.42 Å². The molecule has 0 bridgehead atoms. The van der Waals surface area contributed by atoms with E-state index in [9.17, 15) is 18.0 Å². The fourth-order valence-corrected chi connectivity index (χ4v) is 7.60. The van der Waals surface area contributed by atoms with Crippen LogP contribution in [0.5, 0.6) is 0 Å². The molecule has 10 nitrogen and oxygen atoms in total. The van der Waals surface area contributed by atoms with Gasteiger partial charge in [0.05, 0.1) is 30.1 Å². The van der Waals surface area contributed by atoms with E-state index >= 15 is 0 Å². The molecule has 12 heteroatoms. The number of benzene rings is 2. The first-order chi connectivity index (χ1) is 19.1. The first-order valence-electron chi connectivity index (χ1n) is 13.1. The van der Waals surface area contributed by atoms with Gasteiger partial charge in [-0.3, -0.25) is 14.6 Å². The summed E-state index contributed by atoms with van der Waals surface area (Å²) in [6.45, 7) is 2.24. The molecule has 4 heterocycles. The van der Waals surface area contributed by atoms with Crippen LogP contribution in [-0.4, -0.2) is 85.1 Å². The highest BCUT2D eigenvalue weighted by Crippen LogP contribution is 2.44. The second-order valence-electron chi connectivity index (χ2n) is 10.6. The van der Waals surface area contributed by atoms with Gasteiger partial charge in [0.2, 0.25) is 15.9 Å². The smallest absolute Gasteiger partial charge is 0.302 e. The van der Waals surface area contributed by atoms with Crippen molar-refractivity contribution in [2.45, 2.75) is 36.0 Å². The minimum Gasteiger partial charge on any atom is -0.461 e. The van der Waals surface area contributed by atoms with Gasteiger partial charge in [-0.2, -0.15) is 4.31 Å². The Labute approximate surface area is 237 Å². The van der Waals surface area contributed by atoms with E-state index in [1.165, 1.54) is 13.0 Å². The van der Waals surface area contributed by atoms with Crippen LogP contribution in [0.4, 0.5) is 5.69 Å². The molecule has 0 N–H and O–H groups in total. The normalized spacial score (nSPS) is 23.0. The zero-order valence-corrected chi connectivity index (χ0v) is 23.5. The van der Waals surface area contributed by atoms with Gasteiger partial charge in [-0.1, -0.05) is 23.7 Å². The van der Waals surface area contributed by atoms with Crippen LogP contribution in [0.3, 0.4) is 0 Å². The number of piperazine rings is 1. The minimum absolute atomic E-state index is 0.0598. The molecule has 3 fully saturated rings. The van der Waals surface area contributed by atoms with Crippen LogP contribution >= 0.6 is 11.6 Å². The van der Waals surface area contributed by atoms with Gasteiger partial charge >= 0.3 is 5.97 Å². The number of piperidine rings is 1. The van der Waals surface area contributed by atoms with Gasteiger partial charge in [-0.15, -0.1) is 0 Å². The fraction of sp³-hybridized carbons (Fsp3) is 0.393. The molecule has 1 spiro atoms. The Morgan fingerprint density at radius 2 is 1.75 bits per heavy atom. The summed E-state index contributed by atoms with van der Waals surface area (Å²) in [7, 11) is -4.08. The number of carbonyl (C=O) groups is 2. The molecule has 3 aliphatic heterocycles. The molecule has 6 rings (SSSR count). The van der Waals surface area contributed by atoms with Crippen LogP contribution < -0.4 is 4.90 Å². The average Bonchev–Trinajstić information content (AvgIpc) is 3.27. The van der Waals surface area contributed by atoms with Crippen molar-refractivity contribution in [1.29, 1.82) is 0 Å². The van der Waals surface area contributed by atoms with E-state index in [4.69, 9.17) is 21.1 Å². The summed E-state index contributed by atoms with van der Waals surface area (Å²) in [5.41, 5.74) is -1.04. The van der Waals surface area contributed by atoms with Crippen molar-refractivity contribution in [2.24, 2.45) is 0 Å². The molecule has 0 saturated carbocycles. The van der Waals surface area contributed by atoms with Gasteiger partial charge in [0.1, 0.15) is 6.61 Å². The highest BCUT2D eigenvalue weighted by molar-refractivity contribution is 7.89. The predicted octanol–water partition coefficient (Wildman–Crippen LogP) is 3.05. The summed E-state index contributed by atoms with van der Waals surface area (Å²) in [5, 5.41) is 2.07. The second kappa shape index (κ2) is 9.99. The largest absolute Gasteiger partial charge is 0.461 e. The quantitative estimate of drug-likeness (QED) is 0.421. The molecule has 3 saturated heterocycles. The third-order valence-corrected chi connectivity index (χ3v) is 10.0. The first-order valence-corrected chi connectivity index (χ1v) is 14.9. The average molecular weight is 585 g/mol. The summed E-state index contributed by atoms with van der Waals surface area (Å²) >= 11 is 6.08. The van der Waals surface area contributed by atoms with E-state index < -0.39 is 27.3 Å². The molecule has 1 amide bonds. The van der Waals surface area contributed by atoms with Crippen molar-refractivity contribution in [3.05, 3.63) is 65.9 Å². The Morgan fingerprint density at radius 3 is 2.48 bits per heavy atom. The maximum Gasteiger partial charge on any atom is 0.302 e. The van der Waals surface area contributed by atoms with Crippen LogP contribution in [0.25, 0.3) is 10.8 Å². The number of ether oxygens (including phenoxy) is 2. The van der Waals surface area contributed by atoms with E-state index in [1.54, 1.807) is 47.6 Å². The molecule has 210 valence electrons. The minimum atomic E-state index is -4.08. The van der Waals surface area contributed by atoms with Crippen molar-refractivity contribution in [3.63, 3.8) is 0 Å². The number of fused-ring (bicyclic) bond motifs is 2. The number of nitrogens with zero attached hydrogens (tertiary/aromatic N) is 4. The van der Waals surface area contributed by atoms with Crippen LogP contribution in [0.2, 0.25) is 5.02 Å². The first kappa shape index (κ1) is 26.9. The van der Waals surface area contributed by atoms with Crippen molar-refractivity contribution in [2.75, 3.05) is 44.2 Å². The number of halogens is 1. The zero-order valence-electron chi connectivity index (χ0n) is 22.0. The van der Waals surface area contributed by atoms with Gasteiger partial charge < -0.3 is 19.3 Å². The van der Waals surface area contributed by atoms with Crippen molar-refractivity contribution in [3.8, 4) is 0 Å². The third-order valence-electron chi connectivity index (χ3n) is 8.00. The Kier molecular flexibility index (Phi) is 6.73. The summed E-state index contributed by atoms with van der Waals surface area (Å²) in [6.07, 6.45) is 4.75. The van der Waals surface area contributed by atoms with Crippen molar-refractivity contribution < 1.29 is 27.5 Å². The molecular weight excluding hydrogens is 556 g/mol. The molecule has 1 aromatic heterocycles. The molecule has 2 aromatic carbocycles. The summed E-state index contributed by atoms with van der Waals surface area (Å²) in [5.74, 6) is -0.921. The van der Waals surface area contributed by atoms with Crippen molar-refractivity contribution in [1.82, 2.24) is 14.2 Å². The lowest BCUT2D eigenvalue weighted by molar-refractivity contribution is -0.200. The standard InChI is InChI=1S/C28H29ClN4O6S/c1-20(34)38-19-28-18-32(40(36,37)25-5-3-21-14-23(29)4-2-22(21)15-25)16-26(35)33(28)17-27(39-28)8-12-31(13-9-27)24-6-10-30-11-7-24/h2-7,10-11,14-15H,8-9,12-13,16-19H2,1H3. The molecule has 1 atom stereocenters. The van der Waals surface area contributed by atoms with Gasteiger partial charge in [0, 0.05) is 43.1 Å². The number of carbonyl (C=O) groups excluding carboxylic acids is 2. The number of pyridine rings is 1. The fourth-order valence-electron chi connectivity index (χ4n) is 5.95. The molecule has 0 radical (unpaired) electrons. The van der Waals surface area contributed by atoms with Crippen LogP contribution in [-0.2, 0) is 29.1 Å². The third kappa shape index (κ3) is 4.81. The van der Waals surface area contributed by atoms with Gasteiger partial charge in [0.15, 0.2) is 5.72 Å². The number of amides is 1. The molecule has 40 heavy (non-hydrogen) atoms. The number of aromatic nitrogens is 1. The van der Waals surface area contributed by atoms with E-state index in [2.05, 4.69) is 9.88 Å². The van der Waals surface area contributed by atoms with Crippen molar-refractivity contribution >= 4 is 50.0 Å². The topological polar surface area (TPSA) is 109 Å². The van der Waals surface area contributed by atoms with E-state index in [0.29, 0.717) is 42.9 Å². The molecule has 3 aliphatic rings. The van der Waals surface area contributed by atoms with E-state index in [1.807, 2.05) is 12.1 Å². The molecule has 3 aromatic rings. The summed E-state index contributed by atoms with van der Waals surface area (Å²) in [6, 6.07) is 13.9. The lowest BCUT2D eigenvalue weighted by Crippen LogP contribution is -2.65. The zero-order chi connectivity index (χ0) is 28.1. The lowest BCUT2D eigenvalue weighted by Gasteiger charge is -2.44. The number of hydrogen-bond donors (Lipinski definition) is 0. The summed E-state index contributed by atoms with van der Waals surface area (Å²) < 4.78 is 40.9. The van der Waals surface area contributed by atoms with Crippen LogP contribution in [0.1, 0.15) is 19.8 Å². The number of hydrogen-bond acceptors (Lipinski definition) is 8. The maximum atomic E-state index is 13.8. The summed E-state index contributed by atoms with van der Waals surface area (Å²) in [4.78, 5) is 33.3. The number of rotatable bonds is 5. The number of esters is 1. The molecular formula is C28H29ClN4O6S. The SMILES string of the molecule is CC(=O)OCC12CN(S(=O)(=O)c3ccc4cc(Cl)ccc4c3)CC(=O)N1CC1(CCN(c3ccncc3)CC1)O2. The molecule has 1 unspecified atom stereocenters. The highest BCUT2D eigenvalue weighted by Gasteiger charge is 2.61. The number of sulfonamides is 1. The van der Waals surface area contributed by atoms with Gasteiger partial charge in [0.25, 0.3) is 0 Å². The van der Waals surface area contributed by atoms with E-state index in [-0.39, 0.29) is 30.5 Å². The second-order valence-corrected chi connectivity index (χ2v) is 13.0. The monoisotopic (exact) mass is 584 g/mol. The Hall–Kier alpha value is -3.25. The molecule has 0 aliphatic carbocycles. The number of anilines is 1. The predicted molar refractivity (Wildman–Crippen MR) is 148 cm³/mol. The van der Waals surface area contributed by atoms with E-state index in [0.717, 1.165) is 15.4 Å². The van der Waals surface area contributed by atoms with Crippen LogP contribution in [0.15, 0.2) is 65.8 Å². The maximum absolute atomic E-state index is 13.8.